The van der Waals surface area contributed by atoms with Gasteiger partial charge in [-0.2, -0.15) is 0 Å². The molecular formula is C22H30O3. The van der Waals surface area contributed by atoms with Crippen LogP contribution in [0.15, 0.2) is 16.5 Å². The first-order chi connectivity index (χ1) is 11.8. The van der Waals surface area contributed by atoms with E-state index in [2.05, 4.69) is 27.7 Å². The number of phenolic OH excluding ortho intramolecular Hbond substituents is 1. The monoisotopic (exact) mass is 342 g/mol. The molecule has 0 bridgehead atoms. The third kappa shape index (κ3) is 2.31. The van der Waals surface area contributed by atoms with Crippen molar-refractivity contribution in [2.45, 2.75) is 71.1 Å². The normalized spacial score (nSPS) is 31.2. The maximum absolute atomic E-state index is 10.2. The highest BCUT2D eigenvalue weighted by Gasteiger charge is 2.51. The standard InChI is InChI=1S/C22H30O3/c1-13-7-8-18-21(2,3)9-6-10-22(18,4)19-14-11-17(24-5)15(23)12-16(14)25-20(13)19/h11-13,18,23H,6-10H2,1-5H3/t13-,18+,22+/m1/s1. The maximum Gasteiger partial charge on any atom is 0.161 e. The molecule has 2 aliphatic rings. The molecule has 0 radical (unpaired) electrons. The van der Waals surface area contributed by atoms with Crippen LogP contribution < -0.4 is 4.74 Å². The van der Waals surface area contributed by atoms with Crippen molar-refractivity contribution in [1.29, 1.82) is 0 Å². The fourth-order valence-electron chi connectivity index (χ4n) is 5.91. The molecule has 3 atom stereocenters. The van der Waals surface area contributed by atoms with E-state index in [9.17, 15) is 5.11 Å². The number of benzene rings is 1. The average Bonchev–Trinajstić information content (AvgIpc) is 2.86. The van der Waals surface area contributed by atoms with Crippen LogP contribution in [0.1, 0.15) is 77.0 Å². The Labute approximate surface area is 150 Å². The summed E-state index contributed by atoms with van der Waals surface area (Å²) in [5.74, 6) is 2.87. The molecule has 0 aliphatic heterocycles. The summed E-state index contributed by atoms with van der Waals surface area (Å²) >= 11 is 0. The van der Waals surface area contributed by atoms with E-state index in [0.717, 1.165) is 16.7 Å². The smallest absolute Gasteiger partial charge is 0.161 e. The van der Waals surface area contributed by atoms with Crippen LogP contribution in [-0.4, -0.2) is 12.2 Å². The van der Waals surface area contributed by atoms with Crippen molar-refractivity contribution in [3.8, 4) is 11.5 Å². The van der Waals surface area contributed by atoms with Crippen LogP contribution in [0, 0.1) is 11.3 Å². The topological polar surface area (TPSA) is 42.6 Å². The molecule has 0 unspecified atom stereocenters. The Morgan fingerprint density at radius 2 is 1.92 bits per heavy atom. The molecule has 0 amide bonds. The lowest BCUT2D eigenvalue weighted by Crippen LogP contribution is -2.44. The zero-order valence-corrected chi connectivity index (χ0v) is 16.1. The molecule has 4 rings (SSSR count). The second-order valence-electron chi connectivity index (χ2n) is 9.15. The Kier molecular flexibility index (Phi) is 3.65. The second kappa shape index (κ2) is 5.43. The predicted octanol–water partition coefficient (Wildman–Crippen LogP) is 6.13. The van der Waals surface area contributed by atoms with Gasteiger partial charge in [-0.3, -0.25) is 0 Å². The molecule has 1 N–H and O–H groups in total. The Morgan fingerprint density at radius 1 is 1.16 bits per heavy atom. The first-order valence-electron chi connectivity index (χ1n) is 9.62. The lowest BCUT2D eigenvalue weighted by Gasteiger charge is -2.50. The van der Waals surface area contributed by atoms with Crippen LogP contribution in [0.5, 0.6) is 11.5 Å². The van der Waals surface area contributed by atoms with Gasteiger partial charge in [0.1, 0.15) is 11.3 Å². The van der Waals surface area contributed by atoms with Gasteiger partial charge in [-0.15, -0.1) is 0 Å². The number of furan rings is 1. The maximum atomic E-state index is 10.2. The minimum atomic E-state index is 0.120. The van der Waals surface area contributed by atoms with Gasteiger partial charge in [0.25, 0.3) is 0 Å². The van der Waals surface area contributed by atoms with Gasteiger partial charge in [0.05, 0.1) is 7.11 Å². The van der Waals surface area contributed by atoms with Crippen LogP contribution in [0.4, 0.5) is 0 Å². The number of fused-ring (bicyclic) bond motifs is 5. The predicted molar refractivity (Wildman–Crippen MR) is 101 cm³/mol. The first-order valence-corrected chi connectivity index (χ1v) is 9.62. The number of hydrogen-bond acceptors (Lipinski definition) is 3. The molecule has 1 aromatic heterocycles. The van der Waals surface area contributed by atoms with E-state index < -0.39 is 0 Å². The van der Waals surface area contributed by atoms with E-state index in [-0.39, 0.29) is 11.2 Å². The molecule has 1 aromatic carbocycles. The summed E-state index contributed by atoms with van der Waals surface area (Å²) in [4.78, 5) is 0. The van der Waals surface area contributed by atoms with Crippen molar-refractivity contribution in [2.75, 3.05) is 7.11 Å². The summed E-state index contributed by atoms with van der Waals surface area (Å²) < 4.78 is 11.7. The molecule has 3 heteroatoms. The molecule has 1 fully saturated rings. The van der Waals surface area contributed by atoms with Gasteiger partial charge in [-0.05, 0) is 48.5 Å². The van der Waals surface area contributed by atoms with Crippen molar-refractivity contribution in [3.05, 3.63) is 23.5 Å². The number of methoxy groups -OCH3 is 1. The van der Waals surface area contributed by atoms with E-state index in [1.54, 1.807) is 13.2 Å². The minimum absolute atomic E-state index is 0.120. The van der Waals surface area contributed by atoms with Gasteiger partial charge in [0.2, 0.25) is 0 Å². The van der Waals surface area contributed by atoms with Gasteiger partial charge in [0.15, 0.2) is 11.5 Å². The molecular weight excluding hydrogens is 312 g/mol. The Bertz CT molecular complexity index is 816. The molecule has 2 aromatic rings. The third-order valence-corrected chi connectivity index (χ3v) is 7.15. The average molecular weight is 342 g/mol. The molecule has 1 heterocycles. The Balaban J connectivity index is 2.02. The number of phenols is 1. The first kappa shape index (κ1) is 16.8. The summed E-state index contributed by atoms with van der Waals surface area (Å²) in [6.07, 6.45) is 6.19. The highest BCUT2D eigenvalue weighted by Crippen LogP contribution is 2.59. The summed E-state index contributed by atoms with van der Waals surface area (Å²) in [5, 5.41) is 11.3. The van der Waals surface area contributed by atoms with E-state index in [0.29, 0.717) is 23.0 Å². The van der Waals surface area contributed by atoms with Crippen molar-refractivity contribution in [1.82, 2.24) is 0 Å². The van der Waals surface area contributed by atoms with Crippen molar-refractivity contribution < 1.29 is 14.3 Å². The summed E-state index contributed by atoms with van der Waals surface area (Å²) in [7, 11) is 1.61. The summed E-state index contributed by atoms with van der Waals surface area (Å²) in [6.45, 7) is 9.62. The quantitative estimate of drug-likeness (QED) is 0.678. The van der Waals surface area contributed by atoms with Crippen LogP contribution in [-0.2, 0) is 5.41 Å². The van der Waals surface area contributed by atoms with Crippen molar-refractivity contribution in [2.24, 2.45) is 11.3 Å². The van der Waals surface area contributed by atoms with Crippen LogP contribution in [0.3, 0.4) is 0 Å². The van der Waals surface area contributed by atoms with Gasteiger partial charge in [-0.25, -0.2) is 0 Å². The largest absolute Gasteiger partial charge is 0.504 e. The van der Waals surface area contributed by atoms with E-state index >= 15 is 0 Å². The number of aromatic hydroxyl groups is 1. The van der Waals surface area contributed by atoms with Gasteiger partial charge >= 0.3 is 0 Å². The summed E-state index contributed by atoms with van der Waals surface area (Å²) in [5.41, 5.74) is 2.64. The molecule has 136 valence electrons. The minimum Gasteiger partial charge on any atom is -0.504 e. The molecule has 2 aliphatic carbocycles. The summed E-state index contributed by atoms with van der Waals surface area (Å²) in [6, 6.07) is 3.71. The SMILES string of the molecule is COc1cc2c3c(oc2cc1O)[C@H](C)CC[C@H]1C(C)(C)CCC[C@]31C. The Morgan fingerprint density at radius 3 is 2.64 bits per heavy atom. The van der Waals surface area contributed by atoms with Gasteiger partial charge < -0.3 is 14.3 Å². The molecule has 1 saturated carbocycles. The van der Waals surface area contributed by atoms with Crippen molar-refractivity contribution in [3.63, 3.8) is 0 Å². The Hall–Kier alpha value is -1.64. The van der Waals surface area contributed by atoms with E-state index in [1.165, 1.54) is 37.7 Å². The number of hydrogen-bond donors (Lipinski definition) is 1. The highest BCUT2D eigenvalue weighted by molar-refractivity contribution is 5.87. The fraction of sp³-hybridized carbons (Fsp3) is 0.636. The lowest BCUT2D eigenvalue weighted by atomic mass is 9.53. The molecule has 0 spiro atoms. The second-order valence-corrected chi connectivity index (χ2v) is 9.15. The van der Waals surface area contributed by atoms with Gasteiger partial charge in [0, 0.05) is 22.9 Å². The molecule has 0 saturated heterocycles. The zero-order valence-electron chi connectivity index (χ0n) is 16.1. The zero-order chi connectivity index (χ0) is 18.0. The van der Waals surface area contributed by atoms with E-state index in [1.807, 2.05) is 6.07 Å². The van der Waals surface area contributed by atoms with Crippen LogP contribution in [0.25, 0.3) is 11.0 Å². The number of rotatable bonds is 1. The lowest BCUT2D eigenvalue weighted by molar-refractivity contribution is 0.0504. The van der Waals surface area contributed by atoms with E-state index in [4.69, 9.17) is 9.15 Å². The molecule has 25 heavy (non-hydrogen) atoms. The fourth-order valence-corrected chi connectivity index (χ4v) is 5.91. The highest BCUT2D eigenvalue weighted by atomic mass is 16.5. The van der Waals surface area contributed by atoms with Gasteiger partial charge in [-0.1, -0.05) is 34.1 Å². The number of ether oxygens (including phenoxy) is 1. The van der Waals surface area contributed by atoms with Crippen LogP contribution >= 0.6 is 0 Å². The third-order valence-electron chi connectivity index (χ3n) is 7.15. The van der Waals surface area contributed by atoms with Crippen LogP contribution in [0.2, 0.25) is 0 Å². The molecule has 3 nitrogen and oxygen atoms in total. The van der Waals surface area contributed by atoms with Crippen molar-refractivity contribution >= 4 is 11.0 Å².